The number of unbranched alkanes of at least 4 members (excludes halogenated alkanes) is 2. The van der Waals surface area contributed by atoms with Crippen molar-refractivity contribution in [1.82, 2.24) is 9.47 Å². The second-order valence-corrected chi connectivity index (χ2v) is 9.02. The van der Waals surface area contributed by atoms with Gasteiger partial charge >= 0.3 is 0 Å². The van der Waals surface area contributed by atoms with E-state index >= 15 is 0 Å². The van der Waals surface area contributed by atoms with Crippen LogP contribution < -0.4 is 5.73 Å². The summed E-state index contributed by atoms with van der Waals surface area (Å²) in [5, 5.41) is 0. The Balaban J connectivity index is 1.96. The van der Waals surface area contributed by atoms with E-state index in [1.807, 2.05) is 36.1 Å². The predicted molar refractivity (Wildman–Crippen MR) is 124 cm³/mol. The summed E-state index contributed by atoms with van der Waals surface area (Å²) < 4.78 is 3.28. The van der Waals surface area contributed by atoms with Gasteiger partial charge in [0.25, 0.3) is 5.91 Å². The van der Waals surface area contributed by atoms with Crippen molar-refractivity contribution in [2.24, 2.45) is 5.73 Å². The standard InChI is InChI=1S/C24H32BrN3O2/c1-3-4-5-8-20-23(18-10-12-19(25)13-11-18)22(24(26)30)17(2)28(20)16-7-15-27-14-6-9-21(27)29/h10-13H,3-9,14-16H2,1-2H3,(H2,26,30). The Morgan fingerprint density at radius 3 is 2.47 bits per heavy atom. The fourth-order valence-corrected chi connectivity index (χ4v) is 4.76. The van der Waals surface area contributed by atoms with Crippen LogP contribution in [0.2, 0.25) is 0 Å². The number of primary amides is 1. The summed E-state index contributed by atoms with van der Waals surface area (Å²) in [5.74, 6) is -0.119. The lowest BCUT2D eigenvalue weighted by Gasteiger charge is -2.18. The molecule has 30 heavy (non-hydrogen) atoms. The molecule has 6 heteroatoms. The SMILES string of the molecule is CCCCCc1c(-c2ccc(Br)cc2)c(C(N)=O)c(C)n1CCCN1CCCC1=O. The van der Waals surface area contributed by atoms with Crippen molar-refractivity contribution in [3.8, 4) is 11.1 Å². The van der Waals surface area contributed by atoms with E-state index in [0.717, 1.165) is 79.5 Å². The Hall–Kier alpha value is -2.08. The van der Waals surface area contributed by atoms with E-state index in [1.54, 1.807) is 0 Å². The van der Waals surface area contributed by atoms with Crippen LogP contribution >= 0.6 is 15.9 Å². The van der Waals surface area contributed by atoms with Crippen LogP contribution in [0.15, 0.2) is 28.7 Å². The third-order valence-electron chi connectivity index (χ3n) is 6.01. The van der Waals surface area contributed by atoms with E-state index in [0.29, 0.717) is 12.0 Å². The Kier molecular flexibility index (Phi) is 7.75. The number of hydrogen-bond donors (Lipinski definition) is 1. The average Bonchev–Trinajstić information content (AvgIpc) is 3.24. The maximum atomic E-state index is 12.5. The molecule has 0 saturated carbocycles. The molecule has 5 nitrogen and oxygen atoms in total. The Labute approximate surface area is 187 Å². The summed E-state index contributed by atoms with van der Waals surface area (Å²) >= 11 is 3.50. The minimum absolute atomic E-state index is 0.260. The first kappa shape index (κ1) is 22.6. The lowest BCUT2D eigenvalue weighted by Crippen LogP contribution is -2.26. The van der Waals surface area contributed by atoms with Gasteiger partial charge in [0.15, 0.2) is 0 Å². The summed E-state index contributed by atoms with van der Waals surface area (Å²) in [4.78, 5) is 26.3. The number of benzene rings is 1. The van der Waals surface area contributed by atoms with Crippen molar-refractivity contribution >= 4 is 27.7 Å². The fourth-order valence-electron chi connectivity index (χ4n) is 4.49. The highest BCUT2D eigenvalue weighted by molar-refractivity contribution is 9.10. The molecular weight excluding hydrogens is 442 g/mol. The number of nitrogens with zero attached hydrogens (tertiary/aromatic N) is 2. The van der Waals surface area contributed by atoms with Gasteiger partial charge in [0.2, 0.25) is 5.91 Å². The number of hydrogen-bond acceptors (Lipinski definition) is 2. The van der Waals surface area contributed by atoms with E-state index in [1.165, 1.54) is 5.69 Å². The van der Waals surface area contributed by atoms with Crippen molar-refractivity contribution in [3.63, 3.8) is 0 Å². The molecule has 3 rings (SSSR count). The van der Waals surface area contributed by atoms with Crippen LogP contribution in [-0.4, -0.2) is 34.4 Å². The number of amides is 2. The molecule has 0 unspecified atom stereocenters. The molecule has 2 heterocycles. The molecule has 0 bridgehead atoms. The van der Waals surface area contributed by atoms with E-state index < -0.39 is 0 Å². The normalized spacial score (nSPS) is 14.0. The fraction of sp³-hybridized carbons (Fsp3) is 0.500. The van der Waals surface area contributed by atoms with Crippen molar-refractivity contribution < 1.29 is 9.59 Å². The minimum Gasteiger partial charge on any atom is -0.366 e. The molecule has 1 saturated heterocycles. The number of aromatic nitrogens is 1. The van der Waals surface area contributed by atoms with Crippen LogP contribution in [-0.2, 0) is 17.8 Å². The number of likely N-dealkylation sites (tertiary alicyclic amines) is 1. The second kappa shape index (κ2) is 10.3. The molecule has 1 aliphatic rings. The zero-order valence-electron chi connectivity index (χ0n) is 18.0. The third-order valence-corrected chi connectivity index (χ3v) is 6.54. The lowest BCUT2D eigenvalue weighted by atomic mass is 9.97. The van der Waals surface area contributed by atoms with Gasteiger partial charge in [-0.15, -0.1) is 0 Å². The van der Waals surface area contributed by atoms with Gasteiger partial charge in [0, 0.05) is 47.5 Å². The first-order valence-corrected chi connectivity index (χ1v) is 11.8. The average molecular weight is 474 g/mol. The molecule has 1 aromatic carbocycles. The monoisotopic (exact) mass is 473 g/mol. The minimum atomic E-state index is -0.379. The Morgan fingerprint density at radius 2 is 1.87 bits per heavy atom. The molecule has 2 amide bonds. The number of halogens is 1. The molecule has 1 aromatic heterocycles. The zero-order valence-corrected chi connectivity index (χ0v) is 19.6. The van der Waals surface area contributed by atoms with Gasteiger partial charge in [-0.05, 0) is 50.3 Å². The number of carbonyl (C=O) groups excluding carboxylic acids is 2. The zero-order chi connectivity index (χ0) is 21.7. The van der Waals surface area contributed by atoms with Gasteiger partial charge in [0.1, 0.15) is 0 Å². The number of carbonyl (C=O) groups is 2. The molecule has 0 radical (unpaired) electrons. The highest BCUT2D eigenvalue weighted by Crippen LogP contribution is 2.35. The molecule has 0 atom stereocenters. The lowest BCUT2D eigenvalue weighted by molar-refractivity contribution is -0.127. The third kappa shape index (κ3) is 4.97. The molecule has 162 valence electrons. The summed E-state index contributed by atoms with van der Waals surface area (Å²) in [6.07, 6.45) is 6.79. The van der Waals surface area contributed by atoms with Crippen LogP contribution in [0.25, 0.3) is 11.1 Å². The summed E-state index contributed by atoms with van der Waals surface area (Å²) in [7, 11) is 0. The van der Waals surface area contributed by atoms with Crippen LogP contribution in [0, 0.1) is 6.92 Å². The first-order valence-electron chi connectivity index (χ1n) is 11.0. The number of nitrogens with two attached hydrogens (primary N) is 1. The summed E-state index contributed by atoms with van der Waals surface area (Å²) in [5.41, 5.74) is 10.6. The molecule has 2 aromatic rings. The van der Waals surface area contributed by atoms with Crippen LogP contribution in [0.4, 0.5) is 0 Å². The topological polar surface area (TPSA) is 68.3 Å². The molecule has 1 fully saturated rings. The molecule has 1 aliphatic heterocycles. The highest BCUT2D eigenvalue weighted by atomic mass is 79.9. The van der Waals surface area contributed by atoms with Gasteiger partial charge in [-0.25, -0.2) is 0 Å². The van der Waals surface area contributed by atoms with Crippen molar-refractivity contribution in [2.75, 3.05) is 13.1 Å². The summed E-state index contributed by atoms with van der Waals surface area (Å²) in [6.45, 7) is 6.61. The predicted octanol–water partition coefficient (Wildman–Crippen LogP) is 5.07. The van der Waals surface area contributed by atoms with Gasteiger partial charge in [0.05, 0.1) is 5.56 Å². The van der Waals surface area contributed by atoms with Gasteiger partial charge in [-0.1, -0.05) is 47.8 Å². The van der Waals surface area contributed by atoms with Crippen molar-refractivity contribution in [2.45, 2.75) is 65.3 Å². The van der Waals surface area contributed by atoms with Gasteiger partial charge in [-0.2, -0.15) is 0 Å². The van der Waals surface area contributed by atoms with E-state index in [4.69, 9.17) is 5.73 Å². The maximum absolute atomic E-state index is 12.5. The largest absolute Gasteiger partial charge is 0.366 e. The first-order chi connectivity index (χ1) is 14.4. The Morgan fingerprint density at radius 1 is 1.13 bits per heavy atom. The van der Waals surface area contributed by atoms with E-state index in [-0.39, 0.29) is 11.8 Å². The quantitative estimate of drug-likeness (QED) is 0.489. The van der Waals surface area contributed by atoms with Crippen molar-refractivity contribution in [1.29, 1.82) is 0 Å². The summed E-state index contributed by atoms with van der Waals surface area (Å²) in [6, 6.07) is 8.09. The maximum Gasteiger partial charge on any atom is 0.251 e. The van der Waals surface area contributed by atoms with Gasteiger partial charge in [-0.3, -0.25) is 9.59 Å². The van der Waals surface area contributed by atoms with E-state index in [2.05, 4.69) is 27.4 Å². The van der Waals surface area contributed by atoms with Crippen molar-refractivity contribution in [3.05, 3.63) is 45.7 Å². The number of rotatable bonds is 10. The van der Waals surface area contributed by atoms with Crippen LogP contribution in [0.1, 0.15) is 67.2 Å². The van der Waals surface area contributed by atoms with E-state index in [9.17, 15) is 9.59 Å². The van der Waals surface area contributed by atoms with Crippen LogP contribution in [0.5, 0.6) is 0 Å². The van der Waals surface area contributed by atoms with Gasteiger partial charge < -0.3 is 15.2 Å². The molecule has 2 N–H and O–H groups in total. The molecular formula is C24H32BrN3O2. The van der Waals surface area contributed by atoms with Crippen LogP contribution in [0.3, 0.4) is 0 Å². The molecule has 0 aliphatic carbocycles. The molecule has 0 spiro atoms. The second-order valence-electron chi connectivity index (χ2n) is 8.10. The smallest absolute Gasteiger partial charge is 0.251 e. The Bertz CT molecular complexity index is 902. The highest BCUT2D eigenvalue weighted by Gasteiger charge is 2.25.